The molecule has 2 saturated heterocycles. The minimum atomic E-state index is 0.693. The van der Waals surface area contributed by atoms with E-state index in [1.807, 2.05) is 12.4 Å². The zero-order valence-corrected chi connectivity index (χ0v) is 11.6. The maximum absolute atomic E-state index is 4.30. The third-order valence-corrected chi connectivity index (χ3v) is 4.40. The largest absolute Gasteiger partial charge is 0.298 e. The van der Waals surface area contributed by atoms with Gasteiger partial charge in [0.25, 0.3) is 0 Å². The van der Waals surface area contributed by atoms with Crippen LogP contribution < -0.4 is 0 Å². The molecule has 0 aliphatic carbocycles. The van der Waals surface area contributed by atoms with Gasteiger partial charge < -0.3 is 0 Å². The van der Waals surface area contributed by atoms with Crippen molar-refractivity contribution in [2.45, 2.75) is 51.9 Å². The molecule has 0 radical (unpaired) electrons. The normalized spacial score (nSPS) is 28.4. The van der Waals surface area contributed by atoms with Gasteiger partial charge in [0.15, 0.2) is 0 Å². The molecular formula is C15H23N3. The van der Waals surface area contributed by atoms with Gasteiger partial charge in [0.05, 0.1) is 0 Å². The van der Waals surface area contributed by atoms with Crippen LogP contribution in [-0.2, 0) is 6.54 Å². The third-order valence-electron chi connectivity index (χ3n) is 4.40. The predicted octanol–water partition coefficient (Wildman–Crippen LogP) is 2.06. The van der Waals surface area contributed by atoms with Crippen molar-refractivity contribution in [1.82, 2.24) is 14.8 Å². The lowest BCUT2D eigenvalue weighted by Crippen LogP contribution is -2.68. The fraction of sp³-hybridized carbons (Fsp3) is 0.667. The van der Waals surface area contributed by atoms with Crippen LogP contribution in [0.2, 0.25) is 0 Å². The van der Waals surface area contributed by atoms with Crippen LogP contribution in [-0.4, -0.2) is 46.0 Å². The van der Waals surface area contributed by atoms with E-state index in [9.17, 15) is 0 Å². The van der Waals surface area contributed by atoms with E-state index in [0.717, 1.165) is 18.6 Å². The molecule has 0 N–H and O–H groups in total. The summed E-state index contributed by atoms with van der Waals surface area (Å²) in [4.78, 5) is 9.57. The van der Waals surface area contributed by atoms with Crippen molar-refractivity contribution in [3.05, 3.63) is 29.6 Å². The van der Waals surface area contributed by atoms with E-state index in [2.05, 4.69) is 41.6 Å². The summed E-state index contributed by atoms with van der Waals surface area (Å²) in [5, 5.41) is 0. The van der Waals surface area contributed by atoms with Gasteiger partial charge in [-0.15, -0.1) is 0 Å². The molecule has 3 rings (SSSR count). The number of fused-ring (bicyclic) bond motifs is 2. The van der Waals surface area contributed by atoms with E-state index in [-0.39, 0.29) is 0 Å². The van der Waals surface area contributed by atoms with Crippen LogP contribution in [0.1, 0.15) is 31.4 Å². The molecule has 2 aliphatic heterocycles. The molecule has 3 nitrogen and oxygen atoms in total. The molecule has 2 atom stereocenters. The van der Waals surface area contributed by atoms with E-state index < -0.39 is 0 Å². The Morgan fingerprint density at radius 1 is 1.28 bits per heavy atom. The highest BCUT2D eigenvalue weighted by Crippen LogP contribution is 2.34. The first-order valence-electron chi connectivity index (χ1n) is 7.04. The number of aromatic nitrogens is 1. The minimum Gasteiger partial charge on any atom is -0.298 e. The summed E-state index contributed by atoms with van der Waals surface area (Å²) in [6.45, 7) is 10.3. The summed E-state index contributed by atoms with van der Waals surface area (Å²) >= 11 is 0. The molecule has 0 aromatic carbocycles. The van der Waals surface area contributed by atoms with Crippen LogP contribution in [0.3, 0.4) is 0 Å². The molecule has 0 amide bonds. The van der Waals surface area contributed by atoms with Crippen molar-refractivity contribution in [3.63, 3.8) is 0 Å². The lowest BCUT2D eigenvalue weighted by molar-refractivity contribution is -0.0835. The molecular weight excluding hydrogens is 222 g/mol. The SMILES string of the molecule is Cc1cncc(CN2C3CC2CN(C(C)C)C3)c1. The summed E-state index contributed by atoms with van der Waals surface area (Å²) in [6, 6.07) is 4.50. The molecule has 0 spiro atoms. The Labute approximate surface area is 110 Å². The molecule has 1 aromatic rings. The molecule has 3 heterocycles. The molecule has 2 aliphatic rings. The molecule has 18 heavy (non-hydrogen) atoms. The average molecular weight is 245 g/mol. The number of rotatable bonds is 3. The Bertz CT molecular complexity index is 418. The van der Waals surface area contributed by atoms with Crippen molar-refractivity contribution in [3.8, 4) is 0 Å². The van der Waals surface area contributed by atoms with Crippen LogP contribution >= 0.6 is 0 Å². The fourth-order valence-corrected chi connectivity index (χ4v) is 3.31. The van der Waals surface area contributed by atoms with Crippen molar-refractivity contribution in [1.29, 1.82) is 0 Å². The smallest absolute Gasteiger partial charge is 0.0313 e. The summed E-state index contributed by atoms with van der Waals surface area (Å²) < 4.78 is 0. The second kappa shape index (κ2) is 4.63. The van der Waals surface area contributed by atoms with Crippen molar-refractivity contribution in [2.75, 3.05) is 13.1 Å². The van der Waals surface area contributed by atoms with Crippen LogP contribution in [0, 0.1) is 6.92 Å². The van der Waals surface area contributed by atoms with Gasteiger partial charge in [-0.2, -0.15) is 0 Å². The van der Waals surface area contributed by atoms with Crippen LogP contribution in [0.4, 0.5) is 0 Å². The Kier molecular flexibility index (Phi) is 3.12. The highest BCUT2D eigenvalue weighted by Gasteiger charge is 2.44. The lowest BCUT2D eigenvalue weighted by atomic mass is 9.86. The number of piperazine rings is 1. The van der Waals surface area contributed by atoms with Gasteiger partial charge in [0, 0.05) is 50.2 Å². The highest BCUT2D eigenvalue weighted by atomic mass is 15.4. The number of hydrogen-bond acceptors (Lipinski definition) is 3. The minimum absolute atomic E-state index is 0.693. The van der Waals surface area contributed by atoms with E-state index in [0.29, 0.717) is 6.04 Å². The topological polar surface area (TPSA) is 19.4 Å². The highest BCUT2D eigenvalue weighted by molar-refractivity contribution is 5.18. The molecule has 98 valence electrons. The maximum Gasteiger partial charge on any atom is 0.0313 e. The predicted molar refractivity (Wildman–Crippen MR) is 73.4 cm³/mol. The van der Waals surface area contributed by atoms with Crippen molar-refractivity contribution >= 4 is 0 Å². The Morgan fingerprint density at radius 2 is 2.00 bits per heavy atom. The summed E-state index contributed by atoms with van der Waals surface area (Å²) in [7, 11) is 0. The monoisotopic (exact) mass is 245 g/mol. The quantitative estimate of drug-likeness (QED) is 0.812. The summed E-state index contributed by atoms with van der Waals surface area (Å²) in [5.41, 5.74) is 2.63. The van der Waals surface area contributed by atoms with Gasteiger partial charge in [-0.25, -0.2) is 0 Å². The average Bonchev–Trinajstić information content (AvgIpc) is 2.36. The van der Waals surface area contributed by atoms with Crippen molar-refractivity contribution < 1.29 is 0 Å². The van der Waals surface area contributed by atoms with E-state index >= 15 is 0 Å². The molecule has 3 heteroatoms. The molecule has 1 aromatic heterocycles. The molecule has 2 bridgehead atoms. The zero-order chi connectivity index (χ0) is 12.7. The van der Waals surface area contributed by atoms with E-state index in [1.165, 1.54) is 30.6 Å². The lowest BCUT2D eigenvalue weighted by Gasteiger charge is -2.57. The first-order valence-corrected chi connectivity index (χ1v) is 7.04. The van der Waals surface area contributed by atoms with Gasteiger partial charge in [-0.1, -0.05) is 6.07 Å². The van der Waals surface area contributed by atoms with Crippen molar-refractivity contribution in [2.24, 2.45) is 0 Å². The number of nitrogens with zero attached hydrogens (tertiary/aromatic N) is 3. The third kappa shape index (κ3) is 2.17. The molecule has 2 unspecified atom stereocenters. The maximum atomic E-state index is 4.30. The summed E-state index contributed by atoms with van der Waals surface area (Å²) in [5.74, 6) is 0. The number of hydrogen-bond donors (Lipinski definition) is 0. The second-order valence-electron chi connectivity index (χ2n) is 6.13. The van der Waals surface area contributed by atoms with Crippen LogP contribution in [0.25, 0.3) is 0 Å². The standard InChI is InChI=1S/C15H23N3/c1-11(2)17-9-14-5-15(10-17)18(14)8-13-4-12(3)6-16-7-13/h4,6-7,11,14-15H,5,8-10H2,1-3H3. The Balaban J connectivity index is 1.64. The number of likely N-dealkylation sites (tertiary alicyclic amines) is 2. The Hall–Kier alpha value is -0.930. The number of piperidine rings is 1. The number of pyridine rings is 1. The first-order chi connectivity index (χ1) is 8.63. The zero-order valence-electron chi connectivity index (χ0n) is 11.6. The van der Waals surface area contributed by atoms with E-state index in [1.54, 1.807) is 0 Å². The van der Waals surface area contributed by atoms with Crippen LogP contribution in [0.5, 0.6) is 0 Å². The molecule has 0 saturated carbocycles. The van der Waals surface area contributed by atoms with Gasteiger partial charge >= 0.3 is 0 Å². The fourth-order valence-electron chi connectivity index (χ4n) is 3.31. The number of aryl methyl sites for hydroxylation is 1. The summed E-state index contributed by atoms with van der Waals surface area (Å²) in [6.07, 6.45) is 5.34. The van der Waals surface area contributed by atoms with Gasteiger partial charge in [0.1, 0.15) is 0 Å². The second-order valence-corrected chi connectivity index (χ2v) is 6.13. The van der Waals surface area contributed by atoms with E-state index in [4.69, 9.17) is 0 Å². The van der Waals surface area contributed by atoms with Gasteiger partial charge in [0.2, 0.25) is 0 Å². The first kappa shape index (κ1) is 12.1. The van der Waals surface area contributed by atoms with Crippen LogP contribution in [0.15, 0.2) is 18.5 Å². The molecule has 2 fully saturated rings. The van der Waals surface area contributed by atoms with Gasteiger partial charge in [-0.05, 0) is 38.3 Å². The van der Waals surface area contributed by atoms with Gasteiger partial charge in [-0.3, -0.25) is 14.8 Å². The Morgan fingerprint density at radius 3 is 2.61 bits per heavy atom.